The van der Waals surface area contributed by atoms with Crippen molar-refractivity contribution in [2.24, 2.45) is 57.7 Å². The van der Waals surface area contributed by atoms with Gasteiger partial charge in [0.1, 0.15) is 13.1 Å². The number of carbonyl (C=O) groups excluding carboxylic acids is 2. The third-order valence-corrected chi connectivity index (χ3v) is 15.5. The van der Waals surface area contributed by atoms with Crippen LogP contribution >= 0.6 is 0 Å². The number of nitrogens with zero attached hydrogens (tertiary/aromatic N) is 2. The Labute approximate surface area is 270 Å². The second-order valence-electron chi connectivity index (χ2n) is 18.0. The third-order valence-electron chi connectivity index (χ3n) is 15.5. The molecule has 4 saturated carbocycles. The Morgan fingerprint density at radius 3 is 2.42 bits per heavy atom. The molecular formula is C37H58FN3O4. The van der Waals surface area contributed by atoms with E-state index in [1.165, 1.54) is 44.9 Å². The first-order valence-corrected chi connectivity index (χ1v) is 18.6. The maximum Gasteiger partial charge on any atom is 0.232 e. The highest BCUT2D eigenvalue weighted by Crippen LogP contribution is 2.71. The lowest BCUT2D eigenvalue weighted by Crippen LogP contribution is -2.73. The van der Waals surface area contributed by atoms with Crippen molar-refractivity contribution in [2.75, 3.05) is 46.0 Å². The topological polar surface area (TPSA) is 71.1 Å². The molecular weight excluding hydrogens is 569 g/mol. The van der Waals surface area contributed by atoms with Gasteiger partial charge in [0.2, 0.25) is 11.8 Å². The second kappa shape index (κ2) is 10.9. The number of amides is 2. The Hall–Kier alpha value is -1.25. The van der Waals surface area contributed by atoms with Crippen molar-refractivity contribution in [1.82, 2.24) is 15.1 Å². The summed E-state index contributed by atoms with van der Waals surface area (Å²) in [6.45, 7) is 14.2. The summed E-state index contributed by atoms with van der Waals surface area (Å²) in [6.07, 6.45) is 12.3. The Kier molecular flexibility index (Phi) is 7.51. The number of rotatable bonds is 5. The minimum absolute atomic E-state index is 0.0398. The first kappa shape index (κ1) is 31.0. The van der Waals surface area contributed by atoms with Gasteiger partial charge in [-0.15, -0.1) is 0 Å². The average Bonchev–Trinajstić information content (AvgIpc) is 3.40. The van der Waals surface area contributed by atoms with E-state index in [0.29, 0.717) is 47.2 Å². The number of likely N-dealkylation sites (tertiary alicyclic amines) is 2. The molecule has 4 aliphatic heterocycles. The highest BCUT2D eigenvalue weighted by molar-refractivity contribution is 5.97. The fraction of sp³-hybridized carbons (Fsp3) is 0.946. The first-order chi connectivity index (χ1) is 21.5. The summed E-state index contributed by atoms with van der Waals surface area (Å²) in [5.41, 5.74) is 0.850. The molecule has 4 saturated heterocycles. The summed E-state index contributed by atoms with van der Waals surface area (Å²) in [7, 11) is 0. The second-order valence-corrected chi connectivity index (χ2v) is 18.0. The van der Waals surface area contributed by atoms with E-state index in [4.69, 9.17) is 9.47 Å². The van der Waals surface area contributed by atoms with Crippen LogP contribution in [0.1, 0.15) is 98.3 Å². The minimum Gasteiger partial charge on any atom is -0.353 e. The fourth-order valence-electron chi connectivity index (χ4n) is 13.3. The number of alkyl halides is 1. The molecule has 12 atom stereocenters. The number of hydrogen-bond donors (Lipinski definition) is 1. The Morgan fingerprint density at radius 1 is 0.911 bits per heavy atom. The number of hydrogen-bond acceptors (Lipinski definition) is 5. The van der Waals surface area contributed by atoms with E-state index in [-0.39, 0.29) is 42.2 Å². The molecule has 0 aromatic heterocycles. The van der Waals surface area contributed by atoms with Gasteiger partial charge >= 0.3 is 0 Å². The number of ether oxygens (including phenoxy) is 2. The minimum atomic E-state index is -0.337. The molecule has 1 N–H and O–H groups in total. The van der Waals surface area contributed by atoms with Crippen LogP contribution in [0.3, 0.4) is 0 Å². The molecule has 252 valence electrons. The lowest BCUT2D eigenvalue weighted by atomic mass is 9.44. The molecule has 1 unspecified atom stereocenters. The smallest absolute Gasteiger partial charge is 0.232 e. The number of carbonyl (C=O) groups is 2. The van der Waals surface area contributed by atoms with Crippen molar-refractivity contribution in [1.29, 1.82) is 0 Å². The summed E-state index contributed by atoms with van der Waals surface area (Å²) in [6, 6.07) is 0.187. The van der Waals surface area contributed by atoms with Gasteiger partial charge < -0.3 is 19.7 Å². The lowest BCUT2D eigenvalue weighted by molar-refractivity contribution is -0.273. The van der Waals surface area contributed by atoms with E-state index in [2.05, 4.69) is 37.9 Å². The standard InChI is InChI=1S/C37H58FN3O4/c1-23-7-12-37(44-18-23)24(2)33-30(45-37)16-29-27-6-5-25-15-26(8-10-34(25,3)28(27)9-11-35(29,33)4)39-31(42)17-32(43)41-21-36(22-41)19-40(20-36)14-13-38/h23-30,33H,5-22H2,1-4H3,(H,39,42)/t23-,24+,25-,26+,27-,28?,29+,30+,33+,34+,35+,37-/m1/s1. The van der Waals surface area contributed by atoms with Gasteiger partial charge in [-0.05, 0) is 104 Å². The van der Waals surface area contributed by atoms with Crippen LogP contribution in [0, 0.1) is 57.7 Å². The number of nitrogens with one attached hydrogen (secondary N) is 1. The molecule has 45 heavy (non-hydrogen) atoms. The molecule has 0 aromatic rings. The van der Waals surface area contributed by atoms with Gasteiger partial charge in [-0.2, -0.15) is 0 Å². The Bertz CT molecular complexity index is 1180. The van der Waals surface area contributed by atoms with Crippen molar-refractivity contribution in [3.63, 3.8) is 0 Å². The predicted molar refractivity (Wildman–Crippen MR) is 170 cm³/mol. The largest absolute Gasteiger partial charge is 0.353 e. The van der Waals surface area contributed by atoms with Crippen LogP contribution in [0.15, 0.2) is 0 Å². The average molecular weight is 628 g/mol. The molecule has 2 amide bonds. The molecule has 8 aliphatic rings. The summed E-state index contributed by atoms with van der Waals surface area (Å²) in [5.74, 6) is 4.19. The van der Waals surface area contributed by atoms with Crippen LogP contribution < -0.4 is 5.32 Å². The third kappa shape index (κ3) is 4.79. The van der Waals surface area contributed by atoms with Crippen molar-refractivity contribution in [2.45, 2.75) is 116 Å². The van der Waals surface area contributed by atoms with E-state index in [9.17, 15) is 14.0 Å². The maximum absolute atomic E-state index is 13.0. The first-order valence-electron chi connectivity index (χ1n) is 18.6. The van der Waals surface area contributed by atoms with Crippen molar-refractivity contribution >= 4 is 11.8 Å². The zero-order valence-corrected chi connectivity index (χ0v) is 28.3. The highest BCUT2D eigenvalue weighted by Gasteiger charge is 2.69. The maximum atomic E-state index is 13.0. The van der Waals surface area contributed by atoms with Crippen LogP contribution in [-0.4, -0.2) is 85.6 Å². The molecule has 0 radical (unpaired) electrons. The van der Waals surface area contributed by atoms with Crippen molar-refractivity contribution in [3.05, 3.63) is 0 Å². The molecule has 8 heteroatoms. The van der Waals surface area contributed by atoms with Gasteiger partial charge in [0.05, 0.1) is 12.7 Å². The molecule has 0 bridgehead atoms. The number of halogens is 1. The van der Waals surface area contributed by atoms with E-state index in [1.54, 1.807) is 0 Å². The fourth-order valence-corrected chi connectivity index (χ4v) is 13.3. The predicted octanol–water partition coefficient (Wildman–Crippen LogP) is 5.42. The normalized spacial score (nSPS) is 49.8. The van der Waals surface area contributed by atoms with Crippen LogP contribution in [-0.2, 0) is 19.1 Å². The zero-order chi connectivity index (χ0) is 31.4. The summed E-state index contributed by atoms with van der Waals surface area (Å²) < 4.78 is 26.1. The SMILES string of the molecule is C[C@@H]1CC[C@@]2(OC1)O[C@H]1C[C@H]3[C@@H]4CC[C@@H]5C[C@@H](NC(=O)CC(=O)N6CC7(CN(CCF)C7)C6)CC[C@]5(C)C4CC[C@]3(C)[C@H]1[C@@H]2C. The Morgan fingerprint density at radius 2 is 1.69 bits per heavy atom. The molecule has 2 spiro atoms. The van der Waals surface area contributed by atoms with Gasteiger partial charge in [0.15, 0.2) is 5.79 Å². The van der Waals surface area contributed by atoms with Crippen LogP contribution in [0.5, 0.6) is 0 Å². The van der Waals surface area contributed by atoms with Gasteiger partial charge in [0, 0.05) is 56.5 Å². The van der Waals surface area contributed by atoms with E-state index in [0.717, 1.165) is 69.8 Å². The van der Waals surface area contributed by atoms with Crippen molar-refractivity contribution < 1.29 is 23.5 Å². The highest BCUT2D eigenvalue weighted by atomic mass is 19.1. The number of fused-ring (bicyclic) bond motifs is 7. The van der Waals surface area contributed by atoms with E-state index in [1.807, 2.05) is 4.90 Å². The molecule has 8 rings (SSSR count). The summed E-state index contributed by atoms with van der Waals surface area (Å²) in [5, 5.41) is 3.29. The molecule has 8 fully saturated rings. The van der Waals surface area contributed by atoms with Gasteiger partial charge in [-0.3, -0.25) is 14.5 Å². The summed E-state index contributed by atoms with van der Waals surface area (Å²) in [4.78, 5) is 29.8. The van der Waals surface area contributed by atoms with E-state index < -0.39 is 0 Å². The lowest BCUT2D eigenvalue weighted by Gasteiger charge is -2.61. The molecule has 4 heterocycles. The Balaban J connectivity index is 0.851. The van der Waals surface area contributed by atoms with Crippen LogP contribution in [0.2, 0.25) is 0 Å². The van der Waals surface area contributed by atoms with Crippen molar-refractivity contribution in [3.8, 4) is 0 Å². The van der Waals surface area contributed by atoms with Gasteiger partial charge in [-0.25, -0.2) is 4.39 Å². The van der Waals surface area contributed by atoms with Crippen LogP contribution in [0.4, 0.5) is 4.39 Å². The van der Waals surface area contributed by atoms with Crippen LogP contribution in [0.25, 0.3) is 0 Å². The quantitative estimate of drug-likeness (QED) is 0.413. The molecule has 7 nitrogen and oxygen atoms in total. The monoisotopic (exact) mass is 627 g/mol. The molecule has 4 aliphatic carbocycles. The van der Waals surface area contributed by atoms with Gasteiger partial charge in [-0.1, -0.05) is 27.7 Å². The molecule has 0 aromatic carbocycles. The summed E-state index contributed by atoms with van der Waals surface area (Å²) >= 11 is 0. The zero-order valence-electron chi connectivity index (χ0n) is 28.3. The van der Waals surface area contributed by atoms with Gasteiger partial charge in [0.25, 0.3) is 0 Å². The van der Waals surface area contributed by atoms with E-state index >= 15 is 0 Å².